The number of aliphatic carboxylic acids is 1. The summed E-state index contributed by atoms with van der Waals surface area (Å²) in [6.07, 6.45) is 0.995. The topological polar surface area (TPSA) is 91.4 Å². The monoisotopic (exact) mass is 560 g/mol. The van der Waals surface area contributed by atoms with Crippen LogP contribution in [-0.2, 0) is 22.6 Å². The van der Waals surface area contributed by atoms with Crippen LogP contribution in [0.3, 0.4) is 0 Å². The van der Waals surface area contributed by atoms with E-state index in [1.54, 1.807) is 0 Å². The number of imidazole rings is 1. The molecule has 1 fully saturated rings. The second-order valence-electron chi connectivity index (χ2n) is 9.44. The van der Waals surface area contributed by atoms with Crippen molar-refractivity contribution in [3.05, 3.63) is 83.4 Å². The largest absolute Gasteiger partial charge is 0.490 e. The second-order valence-corrected chi connectivity index (χ2v) is 11.0. The van der Waals surface area contributed by atoms with E-state index < -0.39 is 12.1 Å². The maximum Gasteiger partial charge on any atom is 0.490 e. The highest BCUT2D eigenvalue weighted by Crippen LogP contribution is 2.41. The number of alkyl halides is 3. The number of hydrogen-bond donors (Lipinski definition) is 1. The first kappa shape index (κ1) is 30.2. The number of nitriles is 1. The van der Waals surface area contributed by atoms with Gasteiger partial charge in [-0.15, -0.1) is 11.8 Å². The molecular weight excluding hydrogens is 529 g/mol. The van der Waals surface area contributed by atoms with Crippen LogP contribution in [0.1, 0.15) is 35.2 Å². The number of carboxylic acids is 1. The Balaban J connectivity index is 0.000000532. The molecule has 1 aliphatic heterocycles. The first-order valence-electron chi connectivity index (χ1n) is 12.3. The van der Waals surface area contributed by atoms with Crippen LogP contribution in [0.2, 0.25) is 0 Å². The minimum atomic E-state index is -5.08. The van der Waals surface area contributed by atoms with Gasteiger partial charge in [-0.25, -0.2) is 9.78 Å². The number of halogens is 3. The van der Waals surface area contributed by atoms with Crippen molar-refractivity contribution in [2.75, 3.05) is 26.8 Å². The van der Waals surface area contributed by atoms with Gasteiger partial charge in [-0.3, -0.25) is 4.90 Å². The fourth-order valence-corrected chi connectivity index (χ4v) is 5.77. The summed E-state index contributed by atoms with van der Waals surface area (Å²) in [6, 6.07) is 18.7. The van der Waals surface area contributed by atoms with Crippen molar-refractivity contribution in [3.63, 3.8) is 0 Å². The van der Waals surface area contributed by atoms with Crippen molar-refractivity contribution in [2.24, 2.45) is 0 Å². The fraction of sp³-hybridized carbons (Fsp3) is 0.393. The predicted molar refractivity (Wildman–Crippen MR) is 142 cm³/mol. The lowest BCUT2D eigenvalue weighted by molar-refractivity contribution is -0.192. The zero-order valence-corrected chi connectivity index (χ0v) is 22.6. The molecule has 4 rings (SSSR count). The zero-order chi connectivity index (χ0) is 28.5. The van der Waals surface area contributed by atoms with Crippen molar-refractivity contribution < 1.29 is 27.8 Å². The Morgan fingerprint density at radius 3 is 2.41 bits per heavy atom. The molecule has 1 saturated heterocycles. The van der Waals surface area contributed by atoms with Crippen LogP contribution in [0.15, 0.2) is 66.0 Å². The summed E-state index contributed by atoms with van der Waals surface area (Å²) < 4.78 is 39.7. The summed E-state index contributed by atoms with van der Waals surface area (Å²) >= 11 is 1.98. The van der Waals surface area contributed by atoms with E-state index in [0.717, 1.165) is 45.6 Å². The standard InChI is InChI=1S/C26H30N4OS.C2HF3O2/c1-21-4-3-5-25(14-21)32-26(19-31-2)10-12-29(13-11-26)18-24-16-28-20-30(24)17-23-8-6-22(15-27)7-9-23;3-2(4,5)1(6)7/h3-9,14,16,20H,10-13,17-19H2,1-2H3;(H,6,7). The predicted octanol–water partition coefficient (Wildman–Crippen LogP) is 5.52. The number of carboxylic acid groups (broad SMARTS) is 1. The lowest BCUT2D eigenvalue weighted by Gasteiger charge is -2.41. The van der Waals surface area contributed by atoms with Crippen LogP contribution in [0.4, 0.5) is 13.2 Å². The van der Waals surface area contributed by atoms with Gasteiger partial charge in [0.15, 0.2) is 0 Å². The quantitative estimate of drug-likeness (QED) is 0.388. The number of carbonyl (C=O) groups is 1. The Morgan fingerprint density at radius 1 is 1.18 bits per heavy atom. The third kappa shape index (κ3) is 9.13. The summed E-state index contributed by atoms with van der Waals surface area (Å²) in [4.78, 5) is 17.1. The van der Waals surface area contributed by atoms with Gasteiger partial charge in [-0.05, 0) is 62.7 Å². The fourth-order valence-electron chi connectivity index (χ4n) is 4.32. The van der Waals surface area contributed by atoms with E-state index in [9.17, 15) is 13.2 Å². The van der Waals surface area contributed by atoms with Crippen LogP contribution >= 0.6 is 11.8 Å². The first-order valence-corrected chi connectivity index (χ1v) is 13.1. The van der Waals surface area contributed by atoms with E-state index >= 15 is 0 Å². The number of benzene rings is 2. The van der Waals surface area contributed by atoms with E-state index in [4.69, 9.17) is 19.9 Å². The van der Waals surface area contributed by atoms with Crippen molar-refractivity contribution in [1.82, 2.24) is 14.5 Å². The number of thioether (sulfide) groups is 1. The van der Waals surface area contributed by atoms with Gasteiger partial charge >= 0.3 is 12.1 Å². The molecule has 2 aromatic carbocycles. The molecule has 0 saturated carbocycles. The molecule has 1 aromatic heterocycles. The molecule has 0 spiro atoms. The van der Waals surface area contributed by atoms with E-state index in [-0.39, 0.29) is 4.75 Å². The number of aromatic nitrogens is 2. The average Bonchev–Trinajstić information content (AvgIpc) is 3.32. The number of likely N-dealkylation sites (tertiary alicyclic amines) is 1. The van der Waals surface area contributed by atoms with E-state index in [2.05, 4.69) is 51.7 Å². The SMILES string of the molecule is COCC1(Sc2cccc(C)c2)CCN(Cc2cncn2Cc2ccc(C#N)cc2)CC1.O=C(O)C(F)(F)F. The molecule has 0 amide bonds. The van der Waals surface area contributed by atoms with Crippen molar-refractivity contribution in [3.8, 4) is 6.07 Å². The van der Waals surface area contributed by atoms with Gasteiger partial charge in [-0.1, -0.05) is 29.8 Å². The lowest BCUT2D eigenvalue weighted by Crippen LogP contribution is -2.44. The third-order valence-electron chi connectivity index (χ3n) is 6.36. The third-order valence-corrected chi connectivity index (χ3v) is 7.81. The molecule has 0 unspecified atom stereocenters. The molecule has 7 nitrogen and oxygen atoms in total. The van der Waals surface area contributed by atoms with Crippen molar-refractivity contribution in [2.45, 2.75) is 48.7 Å². The number of aryl methyl sites for hydroxylation is 1. The second kappa shape index (κ2) is 13.6. The van der Waals surface area contributed by atoms with Crippen LogP contribution in [0, 0.1) is 18.3 Å². The Bertz CT molecular complexity index is 1260. The van der Waals surface area contributed by atoms with Crippen molar-refractivity contribution in [1.29, 1.82) is 5.26 Å². The molecule has 0 bridgehead atoms. The van der Waals surface area contributed by atoms with Crippen LogP contribution in [0.5, 0.6) is 0 Å². The summed E-state index contributed by atoms with van der Waals surface area (Å²) in [7, 11) is 1.81. The highest BCUT2D eigenvalue weighted by molar-refractivity contribution is 8.00. The van der Waals surface area contributed by atoms with Crippen LogP contribution < -0.4 is 0 Å². The molecule has 3 aromatic rings. The zero-order valence-electron chi connectivity index (χ0n) is 21.8. The van der Waals surface area contributed by atoms with Gasteiger partial charge < -0.3 is 14.4 Å². The Hall–Kier alpha value is -3.33. The molecule has 1 N–H and O–H groups in total. The minimum Gasteiger partial charge on any atom is -0.475 e. The Kier molecular flexibility index (Phi) is 10.6. The van der Waals surface area contributed by atoms with Gasteiger partial charge in [-0.2, -0.15) is 18.4 Å². The summed E-state index contributed by atoms with van der Waals surface area (Å²) in [5.41, 5.74) is 4.39. The Labute approximate surface area is 230 Å². The van der Waals surface area contributed by atoms with E-state index in [1.807, 2.05) is 55.7 Å². The van der Waals surface area contributed by atoms with Gasteiger partial charge in [0.25, 0.3) is 0 Å². The van der Waals surface area contributed by atoms with Gasteiger partial charge in [0, 0.05) is 36.0 Å². The normalized spacial score (nSPS) is 15.2. The maximum atomic E-state index is 10.6. The van der Waals surface area contributed by atoms with Crippen LogP contribution in [0.25, 0.3) is 0 Å². The molecule has 39 heavy (non-hydrogen) atoms. The molecule has 208 valence electrons. The average molecular weight is 561 g/mol. The molecule has 0 atom stereocenters. The molecule has 0 aliphatic carbocycles. The number of hydrogen-bond acceptors (Lipinski definition) is 6. The smallest absolute Gasteiger partial charge is 0.475 e. The molecule has 2 heterocycles. The summed E-state index contributed by atoms with van der Waals surface area (Å²) in [6.45, 7) is 6.68. The van der Waals surface area contributed by atoms with E-state index in [0.29, 0.717) is 5.56 Å². The highest BCUT2D eigenvalue weighted by atomic mass is 32.2. The minimum absolute atomic E-state index is 0.127. The Morgan fingerprint density at radius 2 is 1.85 bits per heavy atom. The summed E-state index contributed by atoms with van der Waals surface area (Å²) in [5, 5.41) is 16.1. The highest BCUT2D eigenvalue weighted by Gasteiger charge is 2.38. The lowest BCUT2D eigenvalue weighted by atomic mass is 9.96. The summed E-state index contributed by atoms with van der Waals surface area (Å²) in [5.74, 6) is -2.76. The number of rotatable bonds is 8. The van der Waals surface area contributed by atoms with Gasteiger partial charge in [0.05, 0.1) is 30.3 Å². The van der Waals surface area contributed by atoms with Gasteiger partial charge in [0.2, 0.25) is 0 Å². The maximum absolute atomic E-state index is 10.6. The molecule has 1 aliphatic rings. The van der Waals surface area contributed by atoms with Gasteiger partial charge in [0.1, 0.15) is 0 Å². The first-order chi connectivity index (χ1) is 18.5. The number of methoxy groups -OCH3 is 1. The van der Waals surface area contributed by atoms with Crippen molar-refractivity contribution >= 4 is 17.7 Å². The molecule has 0 radical (unpaired) electrons. The van der Waals surface area contributed by atoms with E-state index in [1.165, 1.54) is 21.7 Å². The number of piperidine rings is 1. The number of nitrogens with zero attached hydrogens (tertiary/aromatic N) is 4. The van der Waals surface area contributed by atoms with Crippen LogP contribution in [-0.4, -0.2) is 63.3 Å². The molecular formula is C28H31F3N4O3S. The molecule has 11 heteroatoms. The number of ether oxygens (including phenoxy) is 1.